The molecule has 0 fully saturated rings. The van der Waals surface area contributed by atoms with E-state index in [1.54, 1.807) is 24.3 Å². The summed E-state index contributed by atoms with van der Waals surface area (Å²) in [5.41, 5.74) is 2.51. The van der Waals surface area contributed by atoms with Gasteiger partial charge in [0.1, 0.15) is 0 Å². The molecule has 0 saturated carbocycles. The molecule has 4 heteroatoms. The van der Waals surface area contributed by atoms with Crippen LogP contribution in [0.5, 0.6) is 0 Å². The lowest BCUT2D eigenvalue weighted by molar-refractivity contribution is -0.134. The highest BCUT2D eigenvalue weighted by Crippen LogP contribution is 2.26. The van der Waals surface area contributed by atoms with E-state index in [4.69, 9.17) is 27.9 Å². The van der Waals surface area contributed by atoms with Crippen LogP contribution in [0.25, 0.3) is 5.57 Å². The van der Waals surface area contributed by atoms with E-state index in [-0.39, 0.29) is 0 Å². The number of hydrogen-bond acceptors (Lipinski definition) is 2. The molecule has 2 rings (SSSR count). The number of carbonyl (C=O) groups is 1. The maximum absolute atomic E-state index is 11.6. The molecule has 0 aliphatic carbocycles. The first-order chi connectivity index (χ1) is 9.60. The van der Waals surface area contributed by atoms with Crippen molar-refractivity contribution in [1.82, 2.24) is 0 Å². The monoisotopic (exact) mass is 306 g/mol. The maximum atomic E-state index is 11.6. The average molecular weight is 307 g/mol. The van der Waals surface area contributed by atoms with Crippen LogP contribution in [0.4, 0.5) is 0 Å². The molecule has 0 aliphatic rings. The zero-order chi connectivity index (χ0) is 14.5. The largest absolute Gasteiger partial charge is 0.466 e. The molecule has 20 heavy (non-hydrogen) atoms. The van der Waals surface area contributed by atoms with Crippen molar-refractivity contribution in [2.75, 3.05) is 7.11 Å². The Morgan fingerprint density at radius 3 is 1.65 bits per heavy atom. The minimum absolute atomic E-state index is 0.412. The molecule has 0 amide bonds. The number of halogens is 2. The molecule has 0 heterocycles. The van der Waals surface area contributed by atoms with E-state index >= 15 is 0 Å². The molecule has 0 atom stereocenters. The third-order valence-corrected chi connectivity index (χ3v) is 3.28. The molecule has 2 aromatic rings. The van der Waals surface area contributed by atoms with Gasteiger partial charge >= 0.3 is 5.97 Å². The molecule has 0 unspecified atom stereocenters. The first-order valence-corrected chi connectivity index (χ1v) is 6.67. The lowest BCUT2D eigenvalue weighted by Crippen LogP contribution is -1.98. The quantitative estimate of drug-likeness (QED) is 0.612. The number of carbonyl (C=O) groups excluding carboxylic acids is 1. The minimum Gasteiger partial charge on any atom is -0.466 e. The van der Waals surface area contributed by atoms with Crippen LogP contribution >= 0.6 is 23.2 Å². The van der Waals surface area contributed by atoms with E-state index in [0.717, 1.165) is 16.7 Å². The summed E-state index contributed by atoms with van der Waals surface area (Å²) < 4.78 is 4.70. The normalized spacial score (nSPS) is 9.95. The fourth-order valence-electron chi connectivity index (χ4n) is 1.77. The van der Waals surface area contributed by atoms with Crippen LogP contribution in [0.1, 0.15) is 11.1 Å². The van der Waals surface area contributed by atoms with E-state index in [1.165, 1.54) is 13.2 Å². The van der Waals surface area contributed by atoms with E-state index in [9.17, 15) is 4.79 Å². The summed E-state index contributed by atoms with van der Waals surface area (Å²) in [5.74, 6) is -0.412. The van der Waals surface area contributed by atoms with Gasteiger partial charge in [-0.05, 0) is 41.0 Å². The first kappa shape index (κ1) is 14.6. The summed E-state index contributed by atoms with van der Waals surface area (Å²) in [4.78, 5) is 11.6. The number of methoxy groups -OCH3 is 1. The van der Waals surface area contributed by atoms with Crippen molar-refractivity contribution in [1.29, 1.82) is 0 Å². The third kappa shape index (κ3) is 3.62. The van der Waals surface area contributed by atoms with Gasteiger partial charge in [-0.2, -0.15) is 0 Å². The van der Waals surface area contributed by atoms with Gasteiger partial charge in [0.25, 0.3) is 0 Å². The predicted molar refractivity (Wildman–Crippen MR) is 82.0 cm³/mol. The molecular formula is C16H12Cl2O2. The van der Waals surface area contributed by atoms with Gasteiger partial charge in [0.05, 0.1) is 7.11 Å². The summed E-state index contributed by atoms with van der Waals surface area (Å²) >= 11 is 11.8. The van der Waals surface area contributed by atoms with Crippen molar-refractivity contribution < 1.29 is 9.53 Å². The van der Waals surface area contributed by atoms with Gasteiger partial charge in [-0.1, -0.05) is 47.5 Å². The number of hydrogen-bond donors (Lipinski definition) is 0. The number of benzene rings is 2. The summed E-state index contributed by atoms with van der Waals surface area (Å²) in [5, 5.41) is 1.28. The van der Waals surface area contributed by atoms with Gasteiger partial charge in [0, 0.05) is 16.1 Å². The molecule has 0 aromatic heterocycles. The second-order valence-electron chi connectivity index (χ2n) is 4.09. The molecule has 0 N–H and O–H groups in total. The number of rotatable bonds is 3. The fraction of sp³-hybridized carbons (Fsp3) is 0.0625. The lowest BCUT2D eigenvalue weighted by Gasteiger charge is -2.08. The highest BCUT2D eigenvalue weighted by Gasteiger charge is 2.08. The summed E-state index contributed by atoms with van der Waals surface area (Å²) in [6, 6.07) is 14.5. The van der Waals surface area contributed by atoms with Crippen LogP contribution in [-0.2, 0) is 9.53 Å². The predicted octanol–water partition coefficient (Wildman–Crippen LogP) is 4.60. The third-order valence-electron chi connectivity index (χ3n) is 2.77. The van der Waals surface area contributed by atoms with Gasteiger partial charge < -0.3 is 4.74 Å². The highest BCUT2D eigenvalue weighted by atomic mass is 35.5. The Hall–Kier alpha value is -1.77. The van der Waals surface area contributed by atoms with Gasteiger partial charge in [0.2, 0.25) is 0 Å². The van der Waals surface area contributed by atoms with E-state index in [2.05, 4.69) is 0 Å². The Bertz CT molecular complexity index is 581. The average Bonchev–Trinajstić information content (AvgIpc) is 2.46. The molecule has 2 nitrogen and oxygen atoms in total. The van der Waals surface area contributed by atoms with E-state index in [1.807, 2.05) is 24.3 Å². The van der Waals surface area contributed by atoms with Crippen LogP contribution in [0.3, 0.4) is 0 Å². The Labute approximate surface area is 127 Å². The van der Waals surface area contributed by atoms with Crippen LogP contribution in [-0.4, -0.2) is 13.1 Å². The van der Waals surface area contributed by atoms with Crippen LogP contribution in [0, 0.1) is 0 Å². The lowest BCUT2D eigenvalue weighted by atomic mass is 9.97. The number of ether oxygens (including phenoxy) is 1. The second-order valence-corrected chi connectivity index (χ2v) is 4.97. The molecule has 0 radical (unpaired) electrons. The molecule has 0 spiro atoms. The molecule has 0 aliphatic heterocycles. The van der Waals surface area contributed by atoms with Crippen molar-refractivity contribution >= 4 is 34.7 Å². The summed E-state index contributed by atoms with van der Waals surface area (Å²) in [7, 11) is 1.35. The van der Waals surface area contributed by atoms with E-state index < -0.39 is 5.97 Å². The van der Waals surface area contributed by atoms with Gasteiger partial charge in [0.15, 0.2) is 0 Å². The topological polar surface area (TPSA) is 26.3 Å². The van der Waals surface area contributed by atoms with Gasteiger partial charge in [-0.25, -0.2) is 4.79 Å². The van der Waals surface area contributed by atoms with E-state index in [0.29, 0.717) is 10.0 Å². The van der Waals surface area contributed by atoms with Crippen molar-refractivity contribution in [3.05, 3.63) is 75.8 Å². The Morgan fingerprint density at radius 1 is 0.900 bits per heavy atom. The van der Waals surface area contributed by atoms with Crippen LogP contribution in [0.2, 0.25) is 10.0 Å². The van der Waals surface area contributed by atoms with Gasteiger partial charge in [-0.15, -0.1) is 0 Å². The second kappa shape index (κ2) is 6.60. The molecule has 0 bridgehead atoms. The van der Waals surface area contributed by atoms with Crippen LogP contribution < -0.4 is 0 Å². The zero-order valence-electron chi connectivity index (χ0n) is 10.8. The fourth-order valence-corrected chi connectivity index (χ4v) is 2.02. The maximum Gasteiger partial charge on any atom is 0.331 e. The molecule has 2 aromatic carbocycles. The summed E-state index contributed by atoms with van der Waals surface area (Å²) in [6.45, 7) is 0. The zero-order valence-corrected chi connectivity index (χ0v) is 12.3. The molecule has 102 valence electrons. The van der Waals surface area contributed by atoms with Gasteiger partial charge in [-0.3, -0.25) is 0 Å². The highest BCUT2D eigenvalue weighted by molar-refractivity contribution is 6.31. The molecular weight excluding hydrogens is 295 g/mol. The van der Waals surface area contributed by atoms with Crippen molar-refractivity contribution in [3.8, 4) is 0 Å². The number of esters is 1. The van der Waals surface area contributed by atoms with Crippen molar-refractivity contribution in [2.45, 2.75) is 0 Å². The minimum atomic E-state index is -0.412. The first-order valence-electron chi connectivity index (χ1n) is 5.91. The van der Waals surface area contributed by atoms with Crippen LogP contribution in [0.15, 0.2) is 54.6 Å². The van der Waals surface area contributed by atoms with Crippen molar-refractivity contribution in [2.24, 2.45) is 0 Å². The Morgan fingerprint density at radius 2 is 1.30 bits per heavy atom. The summed E-state index contributed by atoms with van der Waals surface area (Å²) in [6.07, 6.45) is 1.45. The Kier molecular flexibility index (Phi) is 4.83. The smallest absolute Gasteiger partial charge is 0.331 e. The standard InChI is InChI=1S/C16H12Cl2O2/c1-20-16(19)10-15(11-2-6-13(17)7-3-11)12-4-8-14(18)9-5-12/h2-10H,1H3. The SMILES string of the molecule is COC(=O)C=C(c1ccc(Cl)cc1)c1ccc(Cl)cc1. The Balaban J connectivity index is 2.50. The van der Waals surface area contributed by atoms with Crippen molar-refractivity contribution in [3.63, 3.8) is 0 Å². The molecule has 0 saturated heterocycles.